The third-order valence-electron chi connectivity index (χ3n) is 3.96. The molecule has 100 valence electrons. The monoisotopic (exact) mass is 261 g/mol. The SMILES string of the molecule is CC1(C)CC1NS(=O)(=O)N1CCCCC1CN. The third-order valence-corrected chi connectivity index (χ3v) is 5.64. The molecule has 0 radical (unpaired) electrons. The van der Waals surface area contributed by atoms with E-state index in [4.69, 9.17) is 5.73 Å². The first-order valence-corrected chi connectivity index (χ1v) is 7.80. The lowest BCUT2D eigenvalue weighted by atomic mass is 10.1. The Balaban J connectivity index is 2.03. The molecular weight excluding hydrogens is 238 g/mol. The molecule has 0 amide bonds. The fourth-order valence-corrected chi connectivity index (χ4v) is 4.29. The smallest absolute Gasteiger partial charge is 0.280 e. The molecule has 0 aromatic heterocycles. The Labute approximate surface area is 104 Å². The molecule has 0 bridgehead atoms. The Morgan fingerprint density at radius 3 is 2.59 bits per heavy atom. The van der Waals surface area contributed by atoms with Crippen LogP contribution in [-0.2, 0) is 10.2 Å². The molecule has 1 aliphatic heterocycles. The van der Waals surface area contributed by atoms with Gasteiger partial charge in [-0.05, 0) is 24.7 Å². The molecule has 0 aromatic rings. The van der Waals surface area contributed by atoms with Crippen LogP contribution in [0.15, 0.2) is 0 Å². The summed E-state index contributed by atoms with van der Waals surface area (Å²) in [4.78, 5) is 0. The Hall–Kier alpha value is -0.170. The van der Waals surface area contributed by atoms with Gasteiger partial charge in [0.25, 0.3) is 10.2 Å². The van der Waals surface area contributed by atoms with Gasteiger partial charge in [-0.15, -0.1) is 0 Å². The van der Waals surface area contributed by atoms with Gasteiger partial charge in [-0.25, -0.2) is 0 Å². The zero-order chi connectivity index (χ0) is 12.7. The van der Waals surface area contributed by atoms with Crippen LogP contribution < -0.4 is 10.5 Å². The van der Waals surface area contributed by atoms with Crippen LogP contribution in [0, 0.1) is 5.41 Å². The molecule has 3 N–H and O–H groups in total. The van der Waals surface area contributed by atoms with E-state index < -0.39 is 10.2 Å². The number of nitrogens with one attached hydrogen (secondary N) is 1. The molecule has 1 saturated heterocycles. The molecule has 1 heterocycles. The quantitative estimate of drug-likeness (QED) is 0.770. The average molecular weight is 261 g/mol. The normalized spacial score (nSPS) is 33.6. The molecule has 1 aliphatic carbocycles. The Bertz CT molecular complexity index is 380. The zero-order valence-corrected chi connectivity index (χ0v) is 11.5. The molecule has 2 atom stereocenters. The molecule has 2 fully saturated rings. The third kappa shape index (κ3) is 2.81. The maximum atomic E-state index is 12.3. The number of nitrogens with zero attached hydrogens (tertiary/aromatic N) is 1. The number of hydrogen-bond donors (Lipinski definition) is 2. The highest BCUT2D eigenvalue weighted by Crippen LogP contribution is 2.45. The van der Waals surface area contributed by atoms with Gasteiger partial charge >= 0.3 is 0 Å². The van der Waals surface area contributed by atoms with E-state index in [1.54, 1.807) is 4.31 Å². The van der Waals surface area contributed by atoms with Gasteiger partial charge < -0.3 is 5.73 Å². The maximum absolute atomic E-state index is 12.3. The number of nitrogens with two attached hydrogens (primary N) is 1. The van der Waals surface area contributed by atoms with E-state index in [0.717, 1.165) is 25.7 Å². The van der Waals surface area contributed by atoms with E-state index in [2.05, 4.69) is 18.6 Å². The Morgan fingerprint density at radius 1 is 1.41 bits per heavy atom. The van der Waals surface area contributed by atoms with Gasteiger partial charge in [0, 0.05) is 25.2 Å². The summed E-state index contributed by atoms with van der Waals surface area (Å²) in [5, 5.41) is 0. The summed E-state index contributed by atoms with van der Waals surface area (Å²) in [6.07, 6.45) is 3.81. The fraction of sp³-hybridized carbons (Fsp3) is 1.00. The standard InChI is InChI=1S/C11H23N3O2S/c1-11(2)7-10(11)13-17(15,16)14-6-4-3-5-9(14)8-12/h9-10,13H,3-8,12H2,1-2H3. The summed E-state index contributed by atoms with van der Waals surface area (Å²) in [5.74, 6) is 0. The van der Waals surface area contributed by atoms with Crippen LogP contribution in [0.3, 0.4) is 0 Å². The highest BCUT2D eigenvalue weighted by Gasteiger charge is 2.49. The molecule has 6 heteroatoms. The minimum Gasteiger partial charge on any atom is -0.329 e. The summed E-state index contributed by atoms with van der Waals surface area (Å²) in [6.45, 7) is 5.17. The minimum atomic E-state index is -3.35. The molecule has 2 unspecified atom stereocenters. The van der Waals surface area contributed by atoms with Gasteiger partial charge in [-0.1, -0.05) is 20.3 Å². The Kier molecular flexibility index (Phi) is 3.51. The van der Waals surface area contributed by atoms with Crippen molar-refractivity contribution in [3.8, 4) is 0 Å². The number of piperidine rings is 1. The van der Waals surface area contributed by atoms with E-state index in [1.807, 2.05) is 0 Å². The molecule has 17 heavy (non-hydrogen) atoms. The zero-order valence-electron chi connectivity index (χ0n) is 10.6. The fourth-order valence-electron chi connectivity index (χ4n) is 2.44. The van der Waals surface area contributed by atoms with Crippen molar-refractivity contribution < 1.29 is 8.42 Å². The van der Waals surface area contributed by atoms with E-state index in [-0.39, 0.29) is 17.5 Å². The minimum absolute atomic E-state index is 0.0249. The van der Waals surface area contributed by atoms with Gasteiger partial charge in [0.15, 0.2) is 0 Å². The van der Waals surface area contributed by atoms with Crippen molar-refractivity contribution in [2.24, 2.45) is 11.1 Å². The first-order chi connectivity index (χ1) is 7.87. The summed E-state index contributed by atoms with van der Waals surface area (Å²) in [6, 6.07) is 0.0657. The van der Waals surface area contributed by atoms with E-state index >= 15 is 0 Å². The van der Waals surface area contributed by atoms with Crippen LogP contribution in [0.4, 0.5) is 0 Å². The average Bonchev–Trinajstić information content (AvgIpc) is 2.85. The highest BCUT2D eigenvalue weighted by molar-refractivity contribution is 7.87. The predicted octanol–water partition coefficient (Wildman–Crippen LogP) is 0.433. The summed E-state index contributed by atoms with van der Waals surface area (Å²) >= 11 is 0. The lowest BCUT2D eigenvalue weighted by molar-refractivity contribution is 0.254. The van der Waals surface area contributed by atoms with Crippen molar-refractivity contribution >= 4 is 10.2 Å². The molecule has 1 saturated carbocycles. The second-order valence-corrected chi connectivity index (χ2v) is 7.52. The van der Waals surface area contributed by atoms with E-state index in [0.29, 0.717) is 13.1 Å². The lowest BCUT2D eigenvalue weighted by Crippen LogP contribution is -2.52. The van der Waals surface area contributed by atoms with Crippen LogP contribution in [0.25, 0.3) is 0 Å². The van der Waals surface area contributed by atoms with Crippen LogP contribution >= 0.6 is 0 Å². The van der Waals surface area contributed by atoms with Crippen LogP contribution in [0.5, 0.6) is 0 Å². The second-order valence-electron chi connectivity index (χ2n) is 5.86. The number of rotatable bonds is 4. The van der Waals surface area contributed by atoms with Gasteiger partial charge in [0.05, 0.1) is 0 Å². The second kappa shape index (κ2) is 4.50. The van der Waals surface area contributed by atoms with Gasteiger partial charge in [-0.3, -0.25) is 0 Å². The van der Waals surface area contributed by atoms with Crippen molar-refractivity contribution in [3.05, 3.63) is 0 Å². The first-order valence-electron chi connectivity index (χ1n) is 6.36. The molecule has 0 spiro atoms. The van der Waals surface area contributed by atoms with E-state index in [1.165, 1.54) is 0 Å². The van der Waals surface area contributed by atoms with Crippen molar-refractivity contribution in [2.75, 3.05) is 13.1 Å². The molecular formula is C11H23N3O2S. The molecule has 5 nitrogen and oxygen atoms in total. The van der Waals surface area contributed by atoms with Gasteiger partial charge in [-0.2, -0.15) is 17.4 Å². The van der Waals surface area contributed by atoms with Crippen molar-refractivity contribution in [1.29, 1.82) is 0 Å². The topological polar surface area (TPSA) is 75.4 Å². The molecule has 0 aromatic carbocycles. The molecule has 2 rings (SSSR count). The maximum Gasteiger partial charge on any atom is 0.280 e. The lowest BCUT2D eigenvalue weighted by Gasteiger charge is -2.34. The van der Waals surface area contributed by atoms with Crippen molar-refractivity contribution in [2.45, 2.75) is 51.6 Å². The van der Waals surface area contributed by atoms with Gasteiger partial charge in [0.2, 0.25) is 0 Å². The van der Waals surface area contributed by atoms with Gasteiger partial charge in [0.1, 0.15) is 0 Å². The van der Waals surface area contributed by atoms with Crippen LogP contribution in [0.2, 0.25) is 0 Å². The first kappa shape index (κ1) is 13.3. The van der Waals surface area contributed by atoms with Crippen LogP contribution in [0.1, 0.15) is 39.5 Å². The molecule has 2 aliphatic rings. The summed E-state index contributed by atoms with van der Waals surface area (Å²) in [7, 11) is -3.35. The number of hydrogen-bond acceptors (Lipinski definition) is 3. The van der Waals surface area contributed by atoms with Crippen molar-refractivity contribution in [3.63, 3.8) is 0 Å². The van der Waals surface area contributed by atoms with E-state index in [9.17, 15) is 8.42 Å². The predicted molar refractivity (Wildman–Crippen MR) is 67.6 cm³/mol. The van der Waals surface area contributed by atoms with Crippen molar-refractivity contribution in [1.82, 2.24) is 9.03 Å². The summed E-state index contributed by atoms with van der Waals surface area (Å²) in [5.41, 5.74) is 5.77. The largest absolute Gasteiger partial charge is 0.329 e. The van der Waals surface area contributed by atoms with Crippen LogP contribution in [-0.4, -0.2) is 37.9 Å². The Morgan fingerprint density at radius 2 is 2.06 bits per heavy atom. The highest BCUT2D eigenvalue weighted by atomic mass is 32.2. The summed E-state index contributed by atoms with van der Waals surface area (Å²) < 4.78 is 28.9.